The SMILES string of the molecule is C=C(CCC)C(=O)OS(=O)(=O)O. The van der Waals surface area contributed by atoms with Crippen molar-refractivity contribution in [3.05, 3.63) is 12.2 Å². The number of rotatable bonds is 4. The molecule has 0 unspecified atom stereocenters. The van der Waals surface area contributed by atoms with Crippen LogP contribution in [0.25, 0.3) is 0 Å². The molecule has 0 fully saturated rings. The molecule has 0 heterocycles. The Morgan fingerprint density at radius 2 is 2.08 bits per heavy atom. The normalized spacial score (nSPS) is 10.8. The molecule has 0 atom stereocenters. The summed E-state index contributed by atoms with van der Waals surface area (Å²) in [6, 6.07) is 0. The molecule has 12 heavy (non-hydrogen) atoms. The minimum atomic E-state index is -4.70. The van der Waals surface area contributed by atoms with Crippen LogP contribution >= 0.6 is 0 Å². The minimum absolute atomic E-state index is 0.0233. The molecule has 0 aromatic heterocycles. The van der Waals surface area contributed by atoms with Crippen LogP contribution in [0.2, 0.25) is 0 Å². The molecule has 0 amide bonds. The third-order valence-corrected chi connectivity index (χ3v) is 1.38. The van der Waals surface area contributed by atoms with Crippen LogP contribution in [0.1, 0.15) is 19.8 Å². The van der Waals surface area contributed by atoms with Crippen molar-refractivity contribution in [1.29, 1.82) is 0 Å². The summed E-state index contributed by atoms with van der Waals surface area (Å²) in [4.78, 5) is 10.7. The van der Waals surface area contributed by atoms with Gasteiger partial charge >= 0.3 is 16.4 Å². The van der Waals surface area contributed by atoms with E-state index in [0.29, 0.717) is 12.8 Å². The third kappa shape index (κ3) is 4.86. The summed E-state index contributed by atoms with van der Waals surface area (Å²) in [5, 5.41) is 0. The van der Waals surface area contributed by atoms with Gasteiger partial charge in [0.25, 0.3) is 0 Å². The van der Waals surface area contributed by atoms with E-state index in [0.717, 1.165) is 0 Å². The predicted octanol–water partition coefficient (Wildman–Crippen LogP) is 0.689. The van der Waals surface area contributed by atoms with Crippen molar-refractivity contribution >= 4 is 16.4 Å². The van der Waals surface area contributed by atoms with Crippen molar-refractivity contribution < 1.29 is 21.9 Å². The van der Waals surface area contributed by atoms with Gasteiger partial charge in [-0.15, -0.1) is 0 Å². The van der Waals surface area contributed by atoms with Crippen molar-refractivity contribution in [2.45, 2.75) is 19.8 Å². The van der Waals surface area contributed by atoms with E-state index >= 15 is 0 Å². The molecule has 0 aromatic rings. The van der Waals surface area contributed by atoms with Gasteiger partial charge in [-0.1, -0.05) is 19.9 Å². The van der Waals surface area contributed by atoms with Crippen molar-refractivity contribution in [2.75, 3.05) is 0 Å². The number of hydrogen-bond acceptors (Lipinski definition) is 4. The lowest BCUT2D eigenvalue weighted by molar-refractivity contribution is -0.130. The largest absolute Gasteiger partial charge is 0.449 e. The fraction of sp³-hybridized carbons (Fsp3) is 0.500. The summed E-state index contributed by atoms with van der Waals surface area (Å²) in [5.74, 6) is -1.11. The summed E-state index contributed by atoms with van der Waals surface area (Å²) < 4.78 is 31.8. The van der Waals surface area contributed by atoms with Crippen molar-refractivity contribution in [3.63, 3.8) is 0 Å². The molecule has 0 spiro atoms. The summed E-state index contributed by atoms with van der Waals surface area (Å²) in [5.41, 5.74) is 0.0233. The van der Waals surface area contributed by atoms with Gasteiger partial charge in [0.15, 0.2) is 0 Å². The number of carbonyl (C=O) groups excluding carboxylic acids is 1. The lowest BCUT2D eigenvalue weighted by Crippen LogP contribution is -2.13. The number of hydrogen-bond donors (Lipinski definition) is 1. The average molecular weight is 194 g/mol. The maximum absolute atomic E-state index is 10.7. The van der Waals surface area contributed by atoms with Crippen molar-refractivity contribution in [1.82, 2.24) is 0 Å². The molecule has 0 radical (unpaired) electrons. The summed E-state index contributed by atoms with van der Waals surface area (Å²) in [6.07, 6.45) is 0.994. The molecular weight excluding hydrogens is 184 g/mol. The Kier molecular flexibility index (Phi) is 3.91. The fourth-order valence-corrected chi connectivity index (χ4v) is 0.868. The van der Waals surface area contributed by atoms with E-state index in [9.17, 15) is 13.2 Å². The molecule has 0 aromatic carbocycles. The Bertz CT molecular complexity index is 276. The second-order valence-corrected chi connectivity index (χ2v) is 3.17. The van der Waals surface area contributed by atoms with Crippen LogP contribution in [0.15, 0.2) is 12.2 Å². The van der Waals surface area contributed by atoms with Gasteiger partial charge in [0, 0.05) is 5.57 Å². The zero-order valence-electron chi connectivity index (χ0n) is 6.61. The Balaban J connectivity index is 4.15. The standard InChI is InChI=1S/C6H10O5S/c1-3-4-5(2)6(7)11-12(8,9)10/h2-4H2,1H3,(H,8,9,10). The van der Waals surface area contributed by atoms with Crippen molar-refractivity contribution in [3.8, 4) is 0 Å². The average Bonchev–Trinajstić information content (AvgIpc) is 1.84. The Morgan fingerprint density at radius 1 is 1.58 bits per heavy atom. The van der Waals surface area contributed by atoms with Crippen LogP contribution in [0.5, 0.6) is 0 Å². The van der Waals surface area contributed by atoms with Gasteiger partial charge in [0.1, 0.15) is 0 Å². The molecule has 0 rings (SSSR count). The summed E-state index contributed by atoms with van der Waals surface area (Å²) >= 11 is 0. The van der Waals surface area contributed by atoms with Gasteiger partial charge in [-0.2, -0.15) is 8.42 Å². The van der Waals surface area contributed by atoms with E-state index in [4.69, 9.17) is 4.55 Å². The van der Waals surface area contributed by atoms with E-state index in [1.165, 1.54) is 0 Å². The van der Waals surface area contributed by atoms with Crippen LogP contribution in [-0.4, -0.2) is 18.9 Å². The Hall–Kier alpha value is -0.880. The first-order valence-corrected chi connectivity index (χ1v) is 4.62. The van der Waals surface area contributed by atoms with Gasteiger partial charge < -0.3 is 4.18 Å². The zero-order valence-corrected chi connectivity index (χ0v) is 7.43. The highest BCUT2D eigenvalue weighted by Crippen LogP contribution is 2.05. The van der Waals surface area contributed by atoms with Crippen LogP contribution in [0.4, 0.5) is 0 Å². The molecule has 0 bridgehead atoms. The Morgan fingerprint density at radius 3 is 2.42 bits per heavy atom. The summed E-state index contributed by atoms with van der Waals surface area (Å²) in [6.45, 7) is 5.08. The topological polar surface area (TPSA) is 80.7 Å². The summed E-state index contributed by atoms with van der Waals surface area (Å²) in [7, 11) is -4.70. The lowest BCUT2D eigenvalue weighted by atomic mass is 10.2. The van der Waals surface area contributed by atoms with E-state index < -0.39 is 16.4 Å². The van der Waals surface area contributed by atoms with Gasteiger partial charge in [0.2, 0.25) is 0 Å². The molecule has 0 saturated heterocycles. The Labute approximate surface area is 71.0 Å². The highest BCUT2D eigenvalue weighted by atomic mass is 32.3. The first kappa shape index (κ1) is 11.1. The van der Waals surface area contributed by atoms with E-state index in [2.05, 4.69) is 10.8 Å². The number of carbonyl (C=O) groups is 1. The first-order chi connectivity index (χ1) is 5.37. The molecule has 0 saturated carbocycles. The lowest BCUT2D eigenvalue weighted by Gasteiger charge is -2.00. The van der Waals surface area contributed by atoms with Crippen LogP contribution in [0.3, 0.4) is 0 Å². The van der Waals surface area contributed by atoms with E-state index in [1.807, 2.05) is 0 Å². The second kappa shape index (κ2) is 4.22. The van der Waals surface area contributed by atoms with Gasteiger partial charge in [-0.05, 0) is 6.42 Å². The highest BCUT2D eigenvalue weighted by Gasteiger charge is 2.15. The monoisotopic (exact) mass is 194 g/mol. The molecular formula is C6H10O5S. The maximum Gasteiger partial charge on any atom is 0.449 e. The van der Waals surface area contributed by atoms with Gasteiger partial charge in [0.05, 0.1) is 0 Å². The van der Waals surface area contributed by atoms with Gasteiger partial charge in [-0.3, -0.25) is 4.55 Å². The van der Waals surface area contributed by atoms with Crippen LogP contribution in [0, 0.1) is 0 Å². The smallest absolute Gasteiger partial charge is 0.321 e. The first-order valence-electron chi connectivity index (χ1n) is 3.26. The fourth-order valence-electron chi connectivity index (χ4n) is 0.558. The molecule has 5 nitrogen and oxygen atoms in total. The van der Waals surface area contributed by atoms with Crippen LogP contribution in [-0.2, 0) is 19.4 Å². The van der Waals surface area contributed by atoms with Crippen molar-refractivity contribution in [2.24, 2.45) is 0 Å². The third-order valence-electron chi connectivity index (χ3n) is 1.02. The zero-order chi connectivity index (χ0) is 9.78. The maximum atomic E-state index is 10.7. The molecule has 6 heteroatoms. The molecule has 70 valence electrons. The van der Waals surface area contributed by atoms with E-state index in [1.54, 1.807) is 6.92 Å². The highest BCUT2D eigenvalue weighted by molar-refractivity contribution is 7.81. The second-order valence-electron chi connectivity index (χ2n) is 2.15. The molecule has 0 aliphatic rings. The van der Waals surface area contributed by atoms with E-state index in [-0.39, 0.29) is 5.57 Å². The predicted molar refractivity (Wildman–Crippen MR) is 41.7 cm³/mol. The molecule has 1 N–H and O–H groups in total. The molecule has 0 aliphatic heterocycles. The molecule has 0 aliphatic carbocycles. The minimum Gasteiger partial charge on any atom is -0.321 e. The quantitative estimate of drug-likeness (QED) is 0.526. The van der Waals surface area contributed by atoms with Crippen LogP contribution < -0.4 is 0 Å². The van der Waals surface area contributed by atoms with Gasteiger partial charge in [-0.25, -0.2) is 4.79 Å².